The molecule has 1 saturated carbocycles. The van der Waals surface area contributed by atoms with E-state index < -0.39 is 0 Å². The van der Waals surface area contributed by atoms with Crippen molar-refractivity contribution in [3.8, 4) is 0 Å². The van der Waals surface area contributed by atoms with E-state index in [0.29, 0.717) is 13.0 Å². The zero-order valence-corrected chi connectivity index (χ0v) is 17.7. The Morgan fingerprint density at radius 1 is 1.27 bits per heavy atom. The highest BCUT2D eigenvalue weighted by Crippen LogP contribution is 2.44. The van der Waals surface area contributed by atoms with Crippen molar-refractivity contribution in [1.82, 2.24) is 10.6 Å². The van der Waals surface area contributed by atoms with Gasteiger partial charge in [-0.1, -0.05) is 12.1 Å². The van der Waals surface area contributed by atoms with Crippen molar-refractivity contribution in [2.45, 2.75) is 39.2 Å². The van der Waals surface area contributed by atoms with E-state index in [1.807, 2.05) is 36.1 Å². The molecule has 0 bridgehead atoms. The number of aliphatic hydroxyl groups is 1. The van der Waals surface area contributed by atoms with Crippen LogP contribution in [0.2, 0.25) is 0 Å². The van der Waals surface area contributed by atoms with Gasteiger partial charge >= 0.3 is 0 Å². The molecule has 26 heavy (non-hydrogen) atoms. The first-order chi connectivity index (χ1) is 12.2. The lowest BCUT2D eigenvalue weighted by atomic mass is 10.1. The third-order valence-corrected chi connectivity index (χ3v) is 5.01. The van der Waals surface area contributed by atoms with Crippen molar-refractivity contribution < 1.29 is 9.90 Å². The largest absolute Gasteiger partial charge is 0.396 e. The molecule has 1 aromatic carbocycles. The Morgan fingerprint density at radius 3 is 2.54 bits per heavy atom. The van der Waals surface area contributed by atoms with Gasteiger partial charge in [-0.05, 0) is 43.9 Å². The smallest absolute Gasteiger partial charge is 0.227 e. The lowest BCUT2D eigenvalue weighted by molar-refractivity contribution is -0.117. The van der Waals surface area contributed by atoms with Crippen LogP contribution in [0.15, 0.2) is 29.3 Å². The zero-order valence-electron chi connectivity index (χ0n) is 15.3. The number of aliphatic hydroxyl groups excluding tert-OH is 1. The van der Waals surface area contributed by atoms with Crippen LogP contribution >= 0.6 is 24.0 Å². The molecule has 0 aromatic heterocycles. The molecular formula is C19H29IN4O2. The van der Waals surface area contributed by atoms with Crippen molar-refractivity contribution in [2.75, 3.05) is 31.1 Å². The summed E-state index contributed by atoms with van der Waals surface area (Å²) in [6.07, 6.45) is 3.75. The van der Waals surface area contributed by atoms with E-state index in [1.165, 1.54) is 0 Å². The maximum absolute atomic E-state index is 11.8. The molecule has 1 saturated heterocycles. The van der Waals surface area contributed by atoms with Crippen molar-refractivity contribution in [3.63, 3.8) is 0 Å². The normalized spacial score (nSPS) is 18.5. The quantitative estimate of drug-likeness (QED) is 0.323. The molecule has 3 N–H and O–H groups in total. The van der Waals surface area contributed by atoms with Crippen LogP contribution in [0.4, 0.5) is 5.69 Å². The number of benzene rings is 1. The SMILES string of the molecule is CCNC(=NCc1ccc(N2CCCC2=O)cc1)NCC1(CO)CC1.I. The van der Waals surface area contributed by atoms with Gasteiger partial charge in [0.15, 0.2) is 5.96 Å². The number of anilines is 1. The number of halogens is 1. The summed E-state index contributed by atoms with van der Waals surface area (Å²) in [5.41, 5.74) is 2.13. The van der Waals surface area contributed by atoms with Crippen LogP contribution in [0.5, 0.6) is 0 Å². The fraction of sp³-hybridized carbons (Fsp3) is 0.579. The Morgan fingerprint density at radius 2 is 2.00 bits per heavy atom. The average Bonchev–Trinajstić information content (AvgIpc) is 3.30. The van der Waals surface area contributed by atoms with Gasteiger partial charge in [-0.25, -0.2) is 4.99 Å². The molecule has 0 unspecified atom stereocenters. The number of nitrogens with one attached hydrogen (secondary N) is 2. The number of hydrogen-bond acceptors (Lipinski definition) is 3. The number of guanidine groups is 1. The van der Waals surface area contributed by atoms with Crippen molar-refractivity contribution in [2.24, 2.45) is 10.4 Å². The minimum absolute atomic E-state index is 0. The zero-order chi connectivity index (χ0) is 17.7. The van der Waals surface area contributed by atoms with E-state index in [0.717, 1.165) is 56.1 Å². The summed E-state index contributed by atoms with van der Waals surface area (Å²) in [6.45, 7) is 5.22. The summed E-state index contributed by atoms with van der Waals surface area (Å²) in [4.78, 5) is 18.3. The van der Waals surface area contributed by atoms with Gasteiger partial charge < -0.3 is 20.6 Å². The molecule has 3 rings (SSSR count). The Kier molecular flexibility index (Phi) is 7.69. The fourth-order valence-electron chi connectivity index (χ4n) is 3.05. The lowest BCUT2D eigenvalue weighted by Gasteiger charge is -2.17. The molecule has 1 aliphatic heterocycles. The van der Waals surface area contributed by atoms with Crippen LogP contribution in [0.1, 0.15) is 38.2 Å². The van der Waals surface area contributed by atoms with Crippen LogP contribution in [-0.4, -0.2) is 43.2 Å². The second kappa shape index (κ2) is 9.55. The molecule has 1 aliphatic carbocycles. The van der Waals surface area contributed by atoms with Crippen molar-refractivity contribution >= 4 is 41.5 Å². The third-order valence-electron chi connectivity index (χ3n) is 5.01. The summed E-state index contributed by atoms with van der Waals surface area (Å²) in [7, 11) is 0. The topological polar surface area (TPSA) is 77.0 Å². The number of hydrogen-bond donors (Lipinski definition) is 3. The maximum atomic E-state index is 11.8. The highest BCUT2D eigenvalue weighted by atomic mass is 127. The van der Waals surface area contributed by atoms with E-state index in [1.54, 1.807) is 0 Å². The highest BCUT2D eigenvalue weighted by molar-refractivity contribution is 14.0. The van der Waals surface area contributed by atoms with Gasteiger partial charge in [0.25, 0.3) is 0 Å². The summed E-state index contributed by atoms with van der Waals surface area (Å²) < 4.78 is 0. The lowest BCUT2D eigenvalue weighted by Crippen LogP contribution is -2.41. The summed E-state index contributed by atoms with van der Waals surface area (Å²) >= 11 is 0. The van der Waals surface area contributed by atoms with Gasteiger partial charge in [0.2, 0.25) is 5.91 Å². The monoisotopic (exact) mass is 472 g/mol. The fourth-order valence-corrected chi connectivity index (χ4v) is 3.05. The molecule has 7 heteroatoms. The number of nitrogens with zero attached hydrogens (tertiary/aromatic N) is 2. The van der Waals surface area contributed by atoms with Gasteiger partial charge in [-0.3, -0.25) is 4.79 Å². The van der Waals surface area contributed by atoms with Crippen molar-refractivity contribution in [1.29, 1.82) is 0 Å². The highest BCUT2D eigenvalue weighted by Gasteiger charge is 2.41. The molecule has 1 aromatic rings. The predicted molar refractivity (Wildman–Crippen MR) is 115 cm³/mol. The van der Waals surface area contributed by atoms with E-state index >= 15 is 0 Å². The Labute approximate surface area is 172 Å². The van der Waals surface area contributed by atoms with E-state index in [-0.39, 0.29) is 41.9 Å². The average molecular weight is 472 g/mol. The standard InChI is InChI=1S/C19H28N4O2.HI/c1-2-20-18(22-13-19(14-24)9-10-19)21-12-15-5-7-16(8-6-15)23-11-3-4-17(23)25;/h5-8,24H,2-4,9-14H2,1H3,(H2,20,21,22);1H. The van der Waals surface area contributed by atoms with E-state index in [4.69, 9.17) is 0 Å². The van der Waals surface area contributed by atoms with Gasteiger partial charge in [0.1, 0.15) is 0 Å². The predicted octanol–water partition coefficient (Wildman–Crippen LogP) is 2.26. The number of rotatable bonds is 7. The minimum Gasteiger partial charge on any atom is -0.396 e. The Bertz CT molecular complexity index is 629. The van der Waals surface area contributed by atoms with Crippen LogP contribution in [0, 0.1) is 5.41 Å². The molecular weight excluding hydrogens is 443 g/mol. The molecule has 0 spiro atoms. The molecule has 0 radical (unpaired) electrons. The molecule has 1 amide bonds. The molecule has 6 nitrogen and oxygen atoms in total. The van der Waals surface area contributed by atoms with E-state index in [9.17, 15) is 9.90 Å². The summed E-state index contributed by atoms with van der Waals surface area (Å²) in [6, 6.07) is 8.06. The van der Waals surface area contributed by atoms with Gasteiger partial charge in [-0.2, -0.15) is 0 Å². The molecule has 144 valence electrons. The van der Waals surface area contributed by atoms with Crippen LogP contribution in [-0.2, 0) is 11.3 Å². The second-order valence-electron chi connectivity index (χ2n) is 7.02. The van der Waals surface area contributed by atoms with Gasteiger partial charge in [-0.15, -0.1) is 24.0 Å². The molecule has 0 atom stereocenters. The van der Waals surface area contributed by atoms with Crippen LogP contribution in [0.25, 0.3) is 0 Å². The number of carbonyl (C=O) groups is 1. The molecule has 2 fully saturated rings. The Balaban J connectivity index is 0.00000243. The van der Waals surface area contributed by atoms with E-state index in [2.05, 4.69) is 15.6 Å². The third kappa shape index (κ3) is 5.33. The van der Waals surface area contributed by atoms with Gasteiger partial charge in [0.05, 0.1) is 13.2 Å². The van der Waals surface area contributed by atoms with Crippen LogP contribution < -0.4 is 15.5 Å². The van der Waals surface area contributed by atoms with Crippen molar-refractivity contribution in [3.05, 3.63) is 29.8 Å². The van der Waals surface area contributed by atoms with Gasteiger partial charge in [0, 0.05) is 37.2 Å². The number of carbonyl (C=O) groups excluding carboxylic acids is 1. The Hall–Kier alpha value is -1.35. The molecule has 2 aliphatic rings. The minimum atomic E-state index is 0. The first kappa shape index (κ1) is 21.0. The second-order valence-corrected chi connectivity index (χ2v) is 7.02. The first-order valence-corrected chi connectivity index (χ1v) is 9.18. The van der Waals surface area contributed by atoms with Crippen LogP contribution in [0.3, 0.4) is 0 Å². The maximum Gasteiger partial charge on any atom is 0.227 e. The first-order valence-electron chi connectivity index (χ1n) is 9.18. The summed E-state index contributed by atoms with van der Waals surface area (Å²) in [5.74, 6) is 0.989. The summed E-state index contributed by atoms with van der Waals surface area (Å²) in [5, 5.41) is 16.0. The number of amides is 1. The molecule has 1 heterocycles. The number of aliphatic imine (C=N–C) groups is 1.